The SMILES string of the molecule is COc1ccc(C2(CO)CCC2)cc1. The minimum absolute atomic E-state index is 0.0479. The lowest BCUT2D eigenvalue weighted by molar-refractivity contribution is 0.120. The number of hydrogen-bond donors (Lipinski definition) is 1. The summed E-state index contributed by atoms with van der Waals surface area (Å²) in [5.41, 5.74) is 1.29. The maximum absolute atomic E-state index is 9.39. The van der Waals surface area contributed by atoms with Crippen molar-refractivity contribution in [1.29, 1.82) is 0 Å². The number of rotatable bonds is 3. The van der Waals surface area contributed by atoms with E-state index in [0.717, 1.165) is 18.6 Å². The van der Waals surface area contributed by atoms with Crippen LogP contribution in [0.3, 0.4) is 0 Å². The summed E-state index contributed by atoms with van der Waals surface area (Å²) in [6.45, 7) is 0.263. The van der Waals surface area contributed by atoms with E-state index in [1.165, 1.54) is 12.0 Å². The molecule has 0 amide bonds. The minimum atomic E-state index is 0.0479. The first-order chi connectivity index (χ1) is 6.80. The zero-order valence-electron chi connectivity index (χ0n) is 8.49. The van der Waals surface area contributed by atoms with Gasteiger partial charge in [0.05, 0.1) is 13.7 Å². The Morgan fingerprint density at radius 2 is 1.93 bits per heavy atom. The van der Waals surface area contributed by atoms with Crippen LogP contribution < -0.4 is 4.74 Å². The van der Waals surface area contributed by atoms with Crippen LogP contribution in [0, 0.1) is 0 Å². The first-order valence-electron chi connectivity index (χ1n) is 5.06. The fourth-order valence-electron chi connectivity index (χ4n) is 2.09. The summed E-state index contributed by atoms with van der Waals surface area (Å²) in [6.07, 6.45) is 3.44. The topological polar surface area (TPSA) is 29.5 Å². The smallest absolute Gasteiger partial charge is 0.118 e. The summed E-state index contributed by atoms with van der Waals surface area (Å²) in [5, 5.41) is 9.39. The highest BCUT2D eigenvalue weighted by atomic mass is 16.5. The van der Waals surface area contributed by atoms with Gasteiger partial charge in [0.2, 0.25) is 0 Å². The first kappa shape index (κ1) is 9.53. The Hall–Kier alpha value is -1.02. The summed E-state index contributed by atoms with van der Waals surface area (Å²) in [7, 11) is 1.67. The molecule has 0 radical (unpaired) electrons. The molecule has 1 aromatic carbocycles. The van der Waals surface area contributed by atoms with Gasteiger partial charge in [-0.25, -0.2) is 0 Å². The molecule has 76 valence electrons. The average Bonchev–Trinajstić information content (AvgIpc) is 2.18. The molecule has 1 saturated carbocycles. The number of ether oxygens (including phenoxy) is 1. The molecule has 14 heavy (non-hydrogen) atoms. The summed E-state index contributed by atoms with van der Waals surface area (Å²) in [5.74, 6) is 0.876. The molecule has 1 aromatic rings. The van der Waals surface area contributed by atoms with Crippen LogP contribution in [0.25, 0.3) is 0 Å². The standard InChI is InChI=1S/C12H16O2/c1-14-11-5-3-10(4-6-11)12(9-13)7-2-8-12/h3-6,13H,2,7-9H2,1H3. The highest BCUT2D eigenvalue weighted by Crippen LogP contribution is 2.43. The van der Waals surface area contributed by atoms with E-state index in [2.05, 4.69) is 12.1 Å². The van der Waals surface area contributed by atoms with Crippen molar-refractivity contribution < 1.29 is 9.84 Å². The molecule has 0 saturated heterocycles. The Bertz CT molecular complexity index is 293. The summed E-state index contributed by atoms with van der Waals surface area (Å²) in [4.78, 5) is 0. The van der Waals surface area contributed by atoms with Crippen molar-refractivity contribution in [3.8, 4) is 5.75 Å². The van der Waals surface area contributed by atoms with Crippen LogP contribution in [0.1, 0.15) is 24.8 Å². The van der Waals surface area contributed by atoms with Crippen molar-refractivity contribution in [2.75, 3.05) is 13.7 Å². The molecule has 0 atom stereocenters. The van der Waals surface area contributed by atoms with Crippen molar-refractivity contribution in [3.63, 3.8) is 0 Å². The van der Waals surface area contributed by atoms with Crippen LogP contribution in [-0.2, 0) is 5.41 Å². The molecular weight excluding hydrogens is 176 g/mol. The molecule has 2 rings (SSSR count). The van der Waals surface area contributed by atoms with Crippen LogP contribution in [0.2, 0.25) is 0 Å². The zero-order chi connectivity index (χ0) is 10.0. The molecule has 0 unspecified atom stereocenters. The highest BCUT2D eigenvalue weighted by Gasteiger charge is 2.37. The lowest BCUT2D eigenvalue weighted by Gasteiger charge is -2.40. The number of hydrogen-bond acceptors (Lipinski definition) is 2. The van der Waals surface area contributed by atoms with Gasteiger partial charge in [0.1, 0.15) is 5.75 Å². The molecule has 0 heterocycles. The third kappa shape index (κ3) is 1.40. The van der Waals surface area contributed by atoms with Gasteiger partial charge < -0.3 is 9.84 Å². The van der Waals surface area contributed by atoms with Crippen molar-refractivity contribution in [3.05, 3.63) is 29.8 Å². The lowest BCUT2D eigenvalue weighted by Crippen LogP contribution is -2.37. The van der Waals surface area contributed by atoms with Gasteiger partial charge >= 0.3 is 0 Å². The van der Waals surface area contributed by atoms with Crippen molar-refractivity contribution in [1.82, 2.24) is 0 Å². The van der Waals surface area contributed by atoms with Gasteiger partial charge in [-0.05, 0) is 30.5 Å². The fraction of sp³-hybridized carbons (Fsp3) is 0.500. The molecule has 1 fully saturated rings. The molecule has 1 N–H and O–H groups in total. The summed E-state index contributed by atoms with van der Waals surface area (Å²) >= 11 is 0. The van der Waals surface area contributed by atoms with Crippen LogP contribution in [-0.4, -0.2) is 18.8 Å². The Morgan fingerprint density at radius 3 is 2.29 bits per heavy atom. The molecule has 1 aliphatic carbocycles. The van der Waals surface area contributed by atoms with Crippen LogP contribution in [0.5, 0.6) is 5.75 Å². The molecular formula is C12H16O2. The van der Waals surface area contributed by atoms with E-state index in [9.17, 15) is 5.11 Å². The van der Waals surface area contributed by atoms with Gasteiger partial charge in [-0.1, -0.05) is 18.6 Å². The van der Waals surface area contributed by atoms with E-state index in [1.54, 1.807) is 7.11 Å². The van der Waals surface area contributed by atoms with Crippen LogP contribution >= 0.6 is 0 Å². The van der Waals surface area contributed by atoms with Gasteiger partial charge in [0.15, 0.2) is 0 Å². The van der Waals surface area contributed by atoms with Crippen molar-refractivity contribution >= 4 is 0 Å². The van der Waals surface area contributed by atoms with Gasteiger partial charge in [-0.2, -0.15) is 0 Å². The molecule has 1 aliphatic rings. The van der Waals surface area contributed by atoms with E-state index >= 15 is 0 Å². The molecule has 2 nitrogen and oxygen atoms in total. The average molecular weight is 192 g/mol. The molecule has 0 bridgehead atoms. The van der Waals surface area contributed by atoms with Crippen LogP contribution in [0.4, 0.5) is 0 Å². The quantitative estimate of drug-likeness (QED) is 0.794. The third-order valence-electron chi connectivity index (χ3n) is 3.32. The van der Waals surface area contributed by atoms with Gasteiger partial charge in [-0.15, -0.1) is 0 Å². The monoisotopic (exact) mass is 192 g/mol. The highest BCUT2D eigenvalue weighted by molar-refractivity contribution is 5.34. The van der Waals surface area contributed by atoms with Crippen molar-refractivity contribution in [2.45, 2.75) is 24.7 Å². The third-order valence-corrected chi connectivity index (χ3v) is 3.32. The normalized spacial score (nSPS) is 18.7. The number of aliphatic hydroxyl groups excluding tert-OH is 1. The molecule has 0 aliphatic heterocycles. The Balaban J connectivity index is 2.23. The summed E-state index contributed by atoms with van der Waals surface area (Å²) in [6, 6.07) is 8.05. The van der Waals surface area contributed by atoms with E-state index in [0.29, 0.717) is 0 Å². The van der Waals surface area contributed by atoms with Gasteiger partial charge in [0, 0.05) is 5.41 Å². The summed E-state index contributed by atoms with van der Waals surface area (Å²) < 4.78 is 5.10. The maximum Gasteiger partial charge on any atom is 0.118 e. The first-order valence-corrected chi connectivity index (χ1v) is 5.06. The molecule has 2 heteroatoms. The Labute approximate surface area is 84.5 Å². The van der Waals surface area contributed by atoms with E-state index in [1.807, 2.05) is 12.1 Å². The predicted octanol–water partition coefficient (Wildman–Crippen LogP) is 2.11. The molecule has 0 spiro atoms. The van der Waals surface area contributed by atoms with E-state index < -0.39 is 0 Å². The number of aliphatic hydroxyl groups is 1. The van der Waals surface area contributed by atoms with E-state index in [4.69, 9.17) is 4.74 Å². The van der Waals surface area contributed by atoms with Gasteiger partial charge in [-0.3, -0.25) is 0 Å². The number of methoxy groups -OCH3 is 1. The largest absolute Gasteiger partial charge is 0.497 e. The second-order valence-corrected chi connectivity index (χ2v) is 4.02. The van der Waals surface area contributed by atoms with Crippen molar-refractivity contribution in [2.24, 2.45) is 0 Å². The van der Waals surface area contributed by atoms with Crippen LogP contribution in [0.15, 0.2) is 24.3 Å². The lowest BCUT2D eigenvalue weighted by atomic mass is 9.65. The second-order valence-electron chi connectivity index (χ2n) is 4.02. The maximum atomic E-state index is 9.39. The zero-order valence-corrected chi connectivity index (χ0v) is 8.49. The predicted molar refractivity (Wildman–Crippen MR) is 55.6 cm³/mol. The van der Waals surface area contributed by atoms with E-state index in [-0.39, 0.29) is 12.0 Å². The fourth-order valence-corrected chi connectivity index (χ4v) is 2.09. The minimum Gasteiger partial charge on any atom is -0.497 e. The second kappa shape index (κ2) is 3.62. The Morgan fingerprint density at radius 1 is 1.29 bits per heavy atom. The van der Waals surface area contributed by atoms with Gasteiger partial charge in [0.25, 0.3) is 0 Å². The Kier molecular flexibility index (Phi) is 2.46. The number of benzene rings is 1. The molecule has 0 aromatic heterocycles.